The molecule has 2 aromatic heterocycles. The average molecular weight is 401 g/mol. The second-order valence-electron chi connectivity index (χ2n) is 6.97. The van der Waals surface area contributed by atoms with Crippen LogP contribution in [-0.2, 0) is 11.2 Å². The fourth-order valence-corrected chi connectivity index (χ4v) is 5.77. The zero-order valence-corrected chi connectivity index (χ0v) is 16.8. The van der Waals surface area contributed by atoms with Gasteiger partial charge in [0.1, 0.15) is 4.83 Å². The number of thiophene rings is 1. The quantitative estimate of drug-likeness (QED) is 0.520. The van der Waals surface area contributed by atoms with Gasteiger partial charge >= 0.3 is 5.97 Å². The maximum absolute atomic E-state index is 13.5. The van der Waals surface area contributed by atoms with Crippen molar-refractivity contribution >= 4 is 39.3 Å². The lowest BCUT2D eigenvalue weighted by Gasteiger charge is -2.19. The van der Waals surface area contributed by atoms with Crippen molar-refractivity contribution in [3.05, 3.63) is 50.6 Å². The minimum Gasteiger partial charge on any atom is -0.481 e. The van der Waals surface area contributed by atoms with Gasteiger partial charge in [-0.2, -0.15) is 0 Å². The first-order valence-electron chi connectivity index (χ1n) is 8.95. The van der Waals surface area contributed by atoms with Gasteiger partial charge in [0, 0.05) is 4.88 Å². The van der Waals surface area contributed by atoms with E-state index in [2.05, 4.69) is 6.92 Å². The van der Waals surface area contributed by atoms with E-state index in [9.17, 15) is 9.59 Å². The molecule has 140 valence electrons. The summed E-state index contributed by atoms with van der Waals surface area (Å²) in [4.78, 5) is 31.3. The predicted octanol–water partition coefficient (Wildman–Crippen LogP) is 4.37. The highest BCUT2D eigenvalue weighted by Gasteiger charge is 2.26. The molecule has 2 heterocycles. The van der Waals surface area contributed by atoms with Crippen LogP contribution in [-0.4, -0.2) is 26.4 Å². The molecule has 7 heteroatoms. The van der Waals surface area contributed by atoms with Gasteiger partial charge in [0.2, 0.25) is 0 Å². The number of aryl methyl sites for hydroxylation is 2. The summed E-state index contributed by atoms with van der Waals surface area (Å²) in [6.45, 7) is 4.16. The zero-order chi connectivity index (χ0) is 19.1. The van der Waals surface area contributed by atoms with Crippen molar-refractivity contribution in [2.24, 2.45) is 0 Å². The maximum Gasteiger partial charge on any atom is 0.313 e. The number of fused-ring (bicyclic) bond motifs is 3. The van der Waals surface area contributed by atoms with Gasteiger partial charge in [0.05, 0.1) is 16.8 Å². The minimum atomic E-state index is -0.927. The second kappa shape index (κ2) is 7.13. The van der Waals surface area contributed by atoms with Crippen molar-refractivity contribution in [3.8, 4) is 5.69 Å². The van der Waals surface area contributed by atoms with Gasteiger partial charge in [-0.3, -0.25) is 14.2 Å². The minimum absolute atomic E-state index is 0.0945. The van der Waals surface area contributed by atoms with Crippen LogP contribution >= 0.6 is 23.1 Å². The fourth-order valence-electron chi connectivity index (χ4n) is 3.66. The second-order valence-corrected chi connectivity index (χ2v) is 8.99. The standard InChI is InChI=1S/C20H20N2O3S2/c1-11-6-8-13(9-7-11)22-19(25)17-16-12(2)4-3-5-14(16)27-18(17)21-20(22)26-10-15(23)24/h6-9,12H,3-5,10H2,1-2H3,(H,23,24)/t12-/m1/s1. The van der Waals surface area contributed by atoms with E-state index in [1.54, 1.807) is 15.9 Å². The Labute approximate surface area is 165 Å². The Balaban J connectivity index is 1.99. The third kappa shape index (κ3) is 3.30. The normalized spacial score (nSPS) is 16.4. The van der Waals surface area contributed by atoms with Gasteiger partial charge in [0.15, 0.2) is 5.16 Å². The number of thioether (sulfide) groups is 1. The number of hydrogen-bond donors (Lipinski definition) is 1. The van der Waals surface area contributed by atoms with Gasteiger partial charge in [-0.1, -0.05) is 36.4 Å². The highest BCUT2D eigenvalue weighted by Crippen LogP contribution is 2.40. The van der Waals surface area contributed by atoms with Crippen molar-refractivity contribution in [2.75, 3.05) is 5.75 Å². The Kier molecular flexibility index (Phi) is 4.82. The third-order valence-electron chi connectivity index (χ3n) is 4.96. The molecule has 0 saturated heterocycles. The molecule has 27 heavy (non-hydrogen) atoms. The SMILES string of the molecule is Cc1ccc(-n2c(SCC(=O)O)nc3sc4c(c3c2=O)[C@H](C)CCC4)cc1. The third-order valence-corrected chi connectivity index (χ3v) is 7.04. The summed E-state index contributed by atoms with van der Waals surface area (Å²) in [5.74, 6) is -0.712. The van der Waals surface area contributed by atoms with Crippen LogP contribution in [0.4, 0.5) is 0 Å². The molecule has 0 bridgehead atoms. The number of rotatable bonds is 4. The lowest BCUT2D eigenvalue weighted by Crippen LogP contribution is -2.23. The number of carboxylic acids is 1. The summed E-state index contributed by atoms with van der Waals surface area (Å²) in [5, 5.41) is 10.2. The average Bonchev–Trinajstić information content (AvgIpc) is 3.01. The summed E-state index contributed by atoms with van der Waals surface area (Å²) in [7, 11) is 0. The largest absolute Gasteiger partial charge is 0.481 e. The molecule has 1 aliphatic carbocycles. The summed E-state index contributed by atoms with van der Waals surface area (Å²) >= 11 is 2.68. The fraction of sp³-hybridized carbons (Fsp3) is 0.350. The smallest absolute Gasteiger partial charge is 0.313 e. The maximum atomic E-state index is 13.5. The molecule has 3 aromatic rings. The highest BCUT2D eigenvalue weighted by molar-refractivity contribution is 7.99. The number of benzene rings is 1. The van der Waals surface area contributed by atoms with Crippen LogP contribution < -0.4 is 5.56 Å². The number of aliphatic carboxylic acids is 1. The number of carbonyl (C=O) groups is 1. The van der Waals surface area contributed by atoms with E-state index in [1.807, 2.05) is 31.2 Å². The summed E-state index contributed by atoms with van der Waals surface area (Å²) in [6, 6.07) is 7.67. The van der Waals surface area contributed by atoms with Crippen molar-refractivity contribution in [3.63, 3.8) is 0 Å². The van der Waals surface area contributed by atoms with E-state index in [4.69, 9.17) is 10.1 Å². The molecular weight excluding hydrogens is 380 g/mol. The Bertz CT molecular complexity index is 1080. The molecule has 0 spiro atoms. The molecule has 0 unspecified atom stereocenters. The zero-order valence-electron chi connectivity index (χ0n) is 15.2. The molecule has 0 amide bonds. The Morgan fingerprint density at radius 2 is 2.11 bits per heavy atom. The van der Waals surface area contributed by atoms with Gasteiger partial charge in [-0.05, 0) is 49.8 Å². The van der Waals surface area contributed by atoms with E-state index in [-0.39, 0.29) is 11.3 Å². The van der Waals surface area contributed by atoms with E-state index in [1.165, 1.54) is 4.88 Å². The highest BCUT2D eigenvalue weighted by atomic mass is 32.2. The van der Waals surface area contributed by atoms with Gasteiger partial charge < -0.3 is 5.11 Å². The summed E-state index contributed by atoms with van der Waals surface area (Å²) in [5.41, 5.74) is 2.87. The molecule has 0 aliphatic heterocycles. The topological polar surface area (TPSA) is 72.2 Å². The van der Waals surface area contributed by atoms with Gasteiger partial charge in [-0.25, -0.2) is 4.98 Å². The lowest BCUT2D eigenvalue weighted by atomic mass is 9.88. The van der Waals surface area contributed by atoms with Crippen LogP contribution in [0.1, 0.15) is 41.7 Å². The molecule has 5 nitrogen and oxygen atoms in total. The first kappa shape index (κ1) is 18.3. The molecule has 1 atom stereocenters. The number of nitrogens with zero attached hydrogens (tertiary/aromatic N) is 2. The van der Waals surface area contributed by atoms with E-state index in [0.717, 1.165) is 52.7 Å². The van der Waals surface area contributed by atoms with Crippen molar-refractivity contribution in [1.29, 1.82) is 0 Å². The van der Waals surface area contributed by atoms with E-state index >= 15 is 0 Å². The Morgan fingerprint density at radius 3 is 2.81 bits per heavy atom. The molecule has 0 fully saturated rings. The predicted molar refractivity (Wildman–Crippen MR) is 110 cm³/mol. The summed E-state index contributed by atoms with van der Waals surface area (Å²) < 4.78 is 1.57. The molecular formula is C20H20N2O3S2. The first-order valence-corrected chi connectivity index (χ1v) is 10.8. The van der Waals surface area contributed by atoms with Crippen LogP contribution in [0.15, 0.2) is 34.2 Å². The summed E-state index contributed by atoms with van der Waals surface area (Å²) in [6.07, 6.45) is 3.20. The van der Waals surface area contributed by atoms with Crippen LogP contribution in [0.25, 0.3) is 15.9 Å². The molecule has 1 aliphatic rings. The van der Waals surface area contributed by atoms with Crippen molar-refractivity contribution in [2.45, 2.75) is 44.2 Å². The van der Waals surface area contributed by atoms with Crippen LogP contribution in [0.2, 0.25) is 0 Å². The number of hydrogen-bond acceptors (Lipinski definition) is 5. The van der Waals surface area contributed by atoms with E-state index in [0.29, 0.717) is 16.5 Å². The first-order chi connectivity index (χ1) is 13.0. The number of aromatic nitrogens is 2. The Hall–Kier alpha value is -2.12. The van der Waals surface area contributed by atoms with Crippen LogP contribution in [0.3, 0.4) is 0 Å². The molecule has 1 N–H and O–H groups in total. The molecule has 0 saturated carbocycles. The number of carboxylic acid groups (broad SMARTS) is 1. The lowest BCUT2D eigenvalue weighted by molar-refractivity contribution is -0.133. The van der Waals surface area contributed by atoms with Gasteiger partial charge in [0.25, 0.3) is 5.56 Å². The van der Waals surface area contributed by atoms with Crippen molar-refractivity contribution in [1.82, 2.24) is 9.55 Å². The monoisotopic (exact) mass is 400 g/mol. The molecule has 0 radical (unpaired) electrons. The van der Waals surface area contributed by atoms with Crippen molar-refractivity contribution < 1.29 is 9.90 Å². The molecule has 1 aromatic carbocycles. The molecule has 4 rings (SSSR count). The van der Waals surface area contributed by atoms with E-state index < -0.39 is 5.97 Å². The van der Waals surface area contributed by atoms with Crippen LogP contribution in [0.5, 0.6) is 0 Å². The Morgan fingerprint density at radius 1 is 1.37 bits per heavy atom. The van der Waals surface area contributed by atoms with Gasteiger partial charge in [-0.15, -0.1) is 11.3 Å². The van der Waals surface area contributed by atoms with Crippen LogP contribution in [0, 0.1) is 6.92 Å².